The summed E-state index contributed by atoms with van der Waals surface area (Å²) in [6.45, 7) is 0. The van der Waals surface area contributed by atoms with E-state index < -0.39 is 14.2 Å². The Bertz CT molecular complexity index is 84.1. The second kappa shape index (κ2) is 41.0. The SMILES string of the molecule is O=N[O-].O=N[O-].O=N[O-].[Cl][Pt]([Cl])[Cl]. The fourth-order valence-electron chi connectivity index (χ4n) is 0. The van der Waals surface area contributed by atoms with Gasteiger partial charge in [-0.05, 0) is 0 Å². The van der Waals surface area contributed by atoms with Gasteiger partial charge < -0.3 is 30.3 Å². The average molecular weight is 439 g/mol. The molecule has 13 heteroatoms. The molecule has 0 fully saturated rings. The monoisotopic (exact) mass is 438 g/mol. The van der Waals surface area contributed by atoms with E-state index in [-0.39, 0.29) is 0 Å². The number of hydrogen-bond acceptors (Lipinski definition) is 9. The molecule has 85 valence electrons. The van der Waals surface area contributed by atoms with Crippen LogP contribution in [0.15, 0.2) is 16.0 Å². The van der Waals surface area contributed by atoms with Crippen molar-refractivity contribution in [3.63, 3.8) is 0 Å². The molecule has 0 saturated heterocycles. The van der Waals surface area contributed by atoms with Gasteiger partial charge in [0.1, 0.15) is 0 Å². The van der Waals surface area contributed by atoms with Gasteiger partial charge in [0.15, 0.2) is 0 Å². The van der Waals surface area contributed by atoms with Crippen LogP contribution in [-0.4, -0.2) is 0 Å². The summed E-state index contributed by atoms with van der Waals surface area (Å²) in [4.78, 5) is 24.0. The van der Waals surface area contributed by atoms with Crippen molar-refractivity contribution in [1.82, 2.24) is 0 Å². The van der Waals surface area contributed by atoms with Gasteiger partial charge in [0.25, 0.3) is 0 Å². The van der Waals surface area contributed by atoms with Crippen molar-refractivity contribution in [1.29, 1.82) is 0 Å². The molecule has 0 aliphatic rings. The number of nitrogens with zero attached hydrogens (tertiary/aromatic N) is 3. The van der Waals surface area contributed by atoms with Crippen LogP contribution in [0.2, 0.25) is 0 Å². The molecule has 13 heavy (non-hydrogen) atoms. The van der Waals surface area contributed by atoms with Gasteiger partial charge in [0, 0.05) is 0 Å². The topological polar surface area (TPSA) is 157 Å². The molecule has 0 aliphatic carbocycles. The number of rotatable bonds is 0. The van der Waals surface area contributed by atoms with Crippen molar-refractivity contribution < 1.29 is 14.2 Å². The van der Waals surface area contributed by atoms with Crippen LogP contribution in [0, 0.1) is 30.3 Å². The van der Waals surface area contributed by atoms with Gasteiger partial charge in [-0.1, -0.05) is 0 Å². The van der Waals surface area contributed by atoms with Gasteiger partial charge in [-0.3, -0.25) is 0 Å². The van der Waals surface area contributed by atoms with Crippen molar-refractivity contribution in [3.8, 4) is 0 Å². The molecule has 0 aromatic rings. The van der Waals surface area contributed by atoms with Crippen LogP contribution in [-0.2, 0) is 14.2 Å². The quantitative estimate of drug-likeness (QED) is 0.417. The van der Waals surface area contributed by atoms with E-state index >= 15 is 0 Å². The van der Waals surface area contributed by atoms with Crippen LogP contribution >= 0.6 is 28.3 Å². The van der Waals surface area contributed by atoms with E-state index in [0.717, 1.165) is 16.0 Å². The van der Waals surface area contributed by atoms with Crippen molar-refractivity contribution in [3.05, 3.63) is 30.3 Å². The van der Waals surface area contributed by atoms with Crippen LogP contribution in [0.25, 0.3) is 0 Å². The van der Waals surface area contributed by atoms with Gasteiger partial charge >= 0.3 is 42.4 Å². The Labute approximate surface area is 88.7 Å². The predicted molar refractivity (Wildman–Crippen MR) is 45.0 cm³/mol. The summed E-state index contributed by atoms with van der Waals surface area (Å²) in [6, 6.07) is 0. The second-order valence-electron chi connectivity index (χ2n) is 0.359. The fraction of sp³-hybridized carbons (Fsp3) is 0. The molecular formula is Cl3N3O6Pt-3. The van der Waals surface area contributed by atoms with E-state index in [1.807, 2.05) is 0 Å². The molecule has 0 rings (SSSR count). The first-order chi connectivity index (χ1) is 5.97. The predicted octanol–water partition coefficient (Wildman–Crippen LogP) is 2.82. The van der Waals surface area contributed by atoms with E-state index in [4.69, 9.17) is 58.6 Å². The Balaban J connectivity index is -0.0000000420. The molecule has 0 unspecified atom stereocenters. The van der Waals surface area contributed by atoms with Crippen LogP contribution < -0.4 is 0 Å². The van der Waals surface area contributed by atoms with Crippen molar-refractivity contribution in [2.24, 2.45) is 16.0 Å². The minimum absolute atomic E-state index is 1.00. The van der Waals surface area contributed by atoms with Crippen LogP contribution in [0.4, 0.5) is 0 Å². The molecule has 0 spiro atoms. The van der Waals surface area contributed by atoms with Gasteiger partial charge in [-0.15, -0.1) is 16.0 Å². The molecule has 0 amide bonds. The van der Waals surface area contributed by atoms with Crippen LogP contribution in [0.5, 0.6) is 0 Å². The van der Waals surface area contributed by atoms with Crippen molar-refractivity contribution in [2.75, 3.05) is 0 Å². The van der Waals surface area contributed by atoms with Gasteiger partial charge in [-0.2, -0.15) is 0 Å². The Morgan fingerprint density at radius 1 is 0.769 bits per heavy atom. The average Bonchev–Trinajstić information content (AvgIpc) is 1.88. The fourth-order valence-corrected chi connectivity index (χ4v) is 0. The Hall–Kier alpha value is -0.242. The normalized spacial score (nSPS) is 6.23. The maximum atomic E-state index is 8.00. The van der Waals surface area contributed by atoms with E-state index in [0.29, 0.717) is 0 Å². The van der Waals surface area contributed by atoms with Gasteiger partial charge in [0.05, 0.1) is 0 Å². The first-order valence-electron chi connectivity index (χ1n) is 1.45. The first kappa shape index (κ1) is 23.0. The van der Waals surface area contributed by atoms with Crippen molar-refractivity contribution in [2.45, 2.75) is 0 Å². The summed E-state index contributed by atoms with van der Waals surface area (Å²) in [7, 11) is 14.9. The van der Waals surface area contributed by atoms with E-state index in [1.54, 1.807) is 0 Å². The standard InChI is InChI=1S/3ClH.3HNO2.Pt/c;;;3*2-1-3;/h3*1H;3*(H,2,3);/q;;;;;;+3/p-6. The summed E-state index contributed by atoms with van der Waals surface area (Å²) in [6.07, 6.45) is 0. The summed E-state index contributed by atoms with van der Waals surface area (Å²) in [5.74, 6) is 0. The molecule has 0 N–H and O–H groups in total. The third kappa shape index (κ3) is 19200. The molecule has 0 saturated carbocycles. The zero-order valence-corrected chi connectivity index (χ0v) is 9.78. The molecule has 0 aromatic heterocycles. The zero-order valence-electron chi connectivity index (χ0n) is 5.24. The van der Waals surface area contributed by atoms with E-state index in [9.17, 15) is 0 Å². The van der Waals surface area contributed by atoms with Gasteiger partial charge in [0.2, 0.25) is 0 Å². The number of halogens is 3. The molecule has 0 atom stereocenters. The molecule has 0 radical (unpaired) electrons. The summed E-state index contributed by atoms with van der Waals surface area (Å²) in [5, 5.41) is 27.0. The Morgan fingerprint density at radius 3 is 0.769 bits per heavy atom. The van der Waals surface area contributed by atoms with Crippen LogP contribution in [0.1, 0.15) is 0 Å². The van der Waals surface area contributed by atoms with Crippen LogP contribution in [0.3, 0.4) is 0 Å². The summed E-state index contributed by atoms with van der Waals surface area (Å²) in [5.41, 5.74) is 0. The molecule has 9 nitrogen and oxygen atoms in total. The molecule has 0 bridgehead atoms. The zero-order chi connectivity index (χ0) is 11.7. The summed E-state index contributed by atoms with van der Waals surface area (Å²) >= 11 is -1.85. The second-order valence-corrected chi connectivity index (χ2v) is 10.2. The minimum atomic E-state index is -1.85. The third-order valence-corrected chi connectivity index (χ3v) is 0. The van der Waals surface area contributed by atoms with E-state index in [1.165, 1.54) is 0 Å². The summed E-state index contributed by atoms with van der Waals surface area (Å²) < 4.78 is 0. The van der Waals surface area contributed by atoms with E-state index in [2.05, 4.69) is 0 Å². The molecule has 0 heterocycles. The third-order valence-electron chi connectivity index (χ3n) is 0. The van der Waals surface area contributed by atoms with Crippen molar-refractivity contribution >= 4 is 28.3 Å². The number of hydrogen-bond donors (Lipinski definition) is 0. The first-order valence-corrected chi connectivity index (χ1v) is 9.90. The van der Waals surface area contributed by atoms with Gasteiger partial charge in [-0.25, -0.2) is 0 Å². The molecular weight excluding hydrogens is 439 g/mol. The molecule has 0 aliphatic heterocycles. The Morgan fingerprint density at radius 2 is 0.769 bits per heavy atom. The molecule has 0 aromatic carbocycles. The maximum absolute atomic E-state index is 8.00. The Kier molecular flexibility index (Phi) is 72.6.